The molecule has 1 aromatic carbocycles. The van der Waals surface area contributed by atoms with E-state index in [1.165, 1.54) is 32.1 Å². The van der Waals surface area contributed by atoms with Gasteiger partial charge in [-0.1, -0.05) is 55.6 Å². The molecule has 1 aromatic heterocycles. The first-order valence-corrected chi connectivity index (χ1v) is 9.23. The van der Waals surface area contributed by atoms with Crippen molar-refractivity contribution in [3.8, 4) is 5.75 Å². The van der Waals surface area contributed by atoms with E-state index < -0.39 is 0 Å². The van der Waals surface area contributed by atoms with Gasteiger partial charge in [-0.2, -0.15) is 0 Å². The summed E-state index contributed by atoms with van der Waals surface area (Å²) in [5, 5.41) is 0.838. The third-order valence-electron chi connectivity index (χ3n) is 3.51. The molecule has 23 heavy (non-hydrogen) atoms. The van der Waals surface area contributed by atoms with E-state index in [-0.39, 0.29) is 0 Å². The fraction of sp³-hybridized carbons (Fsp3) is 0.421. The first-order chi connectivity index (χ1) is 11.4. The summed E-state index contributed by atoms with van der Waals surface area (Å²) in [6.07, 6.45) is 8.04. The zero-order valence-corrected chi connectivity index (χ0v) is 14.2. The van der Waals surface area contributed by atoms with E-state index in [0.717, 1.165) is 35.9 Å². The average molecular weight is 332 g/mol. The second kappa shape index (κ2) is 10.9. The Hall–Kier alpha value is -1.68. The number of carbonyl (C=O) groups is 1. The predicted molar refractivity (Wildman–Crippen MR) is 94.5 cm³/mol. The molecule has 0 bridgehead atoms. The quantitative estimate of drug-likeness (QED) is 0.288. The Morgan fingerprint density at radius 1 is 0.913 bits per heavy atom. The Bertz CT molecular complexity index is 551. The van der Waals surface area contributed by atoms with Gasteiger partial charge in [-0.3, -0.25) is 4.79 Å². The number of furan rings is 1. The smallest absolute Gasteiger partial charge is 0.185 e. The number of carbonyl (C=O) groups excluding carboxylic acids is 1. The molecule has 2 aromatic rings. The van der Waals surface area contributed by atoms with Crippen LogP contribution in [0.1, 0.15) is 49.1 Å². The van der Waals surface area contributed by atoms with Gasteiger partial charge in [-0.15, -0.1) is 0 Å². The van der Waals surface area contributed by atoms with Crippen LogP contribution in [0.15, 0.2) is 52.0 Å². The number of thioether (sulfide) groups is 1. The summed E-state index contributed by atoms with van der Waals surface area (Å²) in [4.78, 5) is 10.5. The fourth-order valence-electron chi connectivity index (χ4n) is 2.27. The third kappa shape index (κ3) is 7.42. The van der Waals surface area contributed by atoms with Crippen LogP contribution in [0.25, 0.3) is 0 Å². The molecule has 1 heterocycles. The number of hydrogen-bond acceptors (Lipinski definition) is 4. The van der Waals surface area contributed by atoms with Crippen LogP contribution >= 0.6 is 11.8 Å². The van der Waals surface area contributed by atoms with E-state index in [1.807, 2.05) is 36.4 Å². The minimum absolute atomic E-state index is 0.408. The van der Waals surface area contributed by atoms with Crippen LogP contribution in [0.5, 0.6) is 5.75 Å². The average Bonchev–Trinajstić information content (AvgIpc) is 3.05. The Labute approximate surface area is 142 Å². The summed E-state index contributed by atoms with van der Waals surface area (Å²) in [6, 6.07) is 13.6. The van der Waals surface area contributed by atoms with Crippen molar-refractivity contribution in [1.82, 2.24) is 0 Å². The van der Waals surface area contributed by atoms with Crippen molar-refractivity contribution in [2.45, 2.75) is 43.6 Å². The molecule has 0 saturated carbocycles. The van der Waals surface area contributed by atoms with Gasteiger partial charge in [-0.05, 0) is 37.1 Å². The van der Waals surface area contributed by atoms with Gasteiger partial charge in [0.1, 0.15) is 5.75 Å². The number of ether oxygens (including phenoxy) is 1. The maximum absolute atomic E-state index is 10.5. The normalized spacial score (nSPS) is 10.6. The molecule has 0 saturated heterocycles. The van der Waals surface area contributed by atoms with Gasteiger partial charge in [0.05, 0.1) is 6.61 Å². The molecular weight excluding hydrogens is 308 g/mol. The molecule has 0 aliphatic carbocycles. The molecule has 0 spiro atoms. The van der Waals surface area contributed by atoms with E-state index in [2.05, 4.69) is 0 Å². The zero-order chi connectivity index (χ0) is 16.2. The molecule has 0 N–H and O–H groups in total. The fourth-order valence-corrected chi connectivity index (χ4v) is 3.14. The van der Waals surface area contributed by atoms with Crippen LogP contribution in [0.4, 0.5) is 0 Å². The first kappa shape index (κ1) is 17.7. The standard InChI is InChI=1S/C19H24O3S/c20-16-18-12-13-19(22-18)23-15-9-4-2-1-3-8-14-21-17-10-6-5-7-11-17/h5-7,10-13,16H,1-4,8-9,14-15H2. The Balaban J connectivity index is 1.39. The van der Waals surface area contributed by atoms with E-state index in [9.17, 15) is 4.79 Å². The highest BCUT2D eigenvalue weighted by atomic mass is 32.2. The largest absolute Gasteiger partial charge is 0.494 e. The summed E-state index contributed by atoms with van der Waals surface area (Å²) in [6.45, 7) is 0.803. The molecule has 0 radical (unpaired) electrons. The molecular formula is C19H24O3S. The molecule has 0 atom stereocenters. The van der Waals surface area contributed by atoms with E-state index in [4.69, 9.17) is 9.15 Å². The molecule has 3 nitrogen and oxygen atoms in total. The Morgan fingerprint density at radius 2 is 1.65 bits per heavy atom. The SMILES string of the molecule is O=Cc1ccc(SCCCCCCCCOc2ccccc2)o1. The van der Waals surface area contributed by atoms with Gasteiger partial charge in [0.2, 0.25) is 0 Å². The molecule has 4 heteroatoms. The number of unbranched alkanes of at least 4 members (excludes halogenated alkanes) is 5. The molecule has 124 valence electrons. The van der Waals surface area contributed by atoms with Crippen molar-refractivity contribution in [2.75, 3.05) is 12.4 Å². The number of para-hydroxylation sites is 1. The maximum Gasteiger partial charge on any atom is 0.185 e. The van der Waals surface area contributed by atoms with Crippen LogP contribution in [0.2, 0.25) is 0 Å². The van der Waals surface area contributed by atoms with Crippen molar-refractivity contribution in [3.63, 3.8) is 0 Å². The summed E-state index contributed by atoms with van der Waals surface area (Å²) in [5.74, 6) is 2.41. The maximum atomic E-state index is 10.5. The Morgan fingerprint density at radius 3 is 2.39 bits per heavy atom. The highest BCUT2D eigenvalue weighted by Crippen LogP contribution is 2.22. The van der Waals surface area contributed by atoms with Gasteiger partial charge < -0.3 is 9.15 Å². The summed E-state index contributed by atoms with van der Waals surface area (Å²) < 4.78 is 11.0. The summed E-state index contributed by atoms with van der Waals surface area (Å²) >= 11 is 1.68. The second-order valence-electron chi connectivity index (χ2n) is 5.41. The molecule has 0 unspecified atom stereocenters. The molecule has 2 rings (SSSR count). The molecule has 0 aliphatic heterocycles. The van der Waals surface area contributed by atoms with E-state index in [0.29, 0.717) is 5.76 Å². The Kier molecular flexibility index (Phi) is 8.41. The van der Waals surface area contributed by atoms with E-state index >= 15 is 0 Å². The number of rotatable bonds is 12. The van der Waals surface area contributed by atoms with Crippen LogP contribution in [-0.2, 0) is 0 Å². The van der Waals surface area contributed by atoms with Gasteiger partial charge in [0, 0.05) is 5.75 Å². The number of benzene rings is 1. The highest BCUT2D eigenvalue weighted by molar-refractivity contribution is 7.99. The molecule has 0 fully saturated rings. The van der Waals surface area contributed by atoms with Crippen molar-refractivity contribution in [3.05, 3.63) is 48.2 Å². The van der Waals surface area contributed by atoms with E-state index in [1.54, 1.807) is 17.8 Å². The second-order valence-corrected chi connectivity index (χ2v) is 6.51. The van der Waals surface area contributed by atoms with Crippen LogP contribution in [0, 0.1) is 0 Å². The number of hydrogen-bond donors (Lipinski definition) is 0. The zero-order valence-electron chi connectivity index (χ0n) is 13.4. The summed E-state index contributed by atoms with van der Waals surface area (Å²) in [5.41, 5.74) is 0. The van der Waals surface area contributed by atoms with Crippen molar-refractivity contribution >= 4 is 18.0 Å². The van der Waals surface area contributed by atoms with Crippen molar-refractivity contribution in [1.29, 1.82) is 0 Å². The van der Waals surface area contributed by atoms with Gasteiger partial charge in [-0.25, -0.2) is 0 Å². The summed E-state index contributed by atoms with van der Waals surface area (Å²) in [7, 11) is 0. The first-order valence-electron chi connectivity index (χ1n) is 8.24. The lowest BCUT2D eigenvalue weighted by Crippen LogP contribution is -1.96. The molecule has 0 aliphatic rings. The lowest BCUT2D eigenvalue weighted by Gasteiger charge is -2.05. The van der Waals surface area contributed by atoms with Crippen LogP contribution in [0.3, 0.4) is 0 Å². The van der Waals surface area contributed by atoms with Crippen LogP contribution in [-0.4, -0.2) is 18.6 Å². The van der Waals surface area contributed by atoms with Gasteiger partial charge in [0.25, 0.3) is 0 Å². The lowest BCUT2D eigenvalue weighted by molar-refractivity contribution is 0.109. The van der Waals surface area contributed by atoms with Crippen molar-refractivity contribution < 1.29 is 13.9 Å². The highest BCUT2D eigenvalue weighted by Gasteiger charge is 2.01. The monoisotopic (exact) mass is 332 g/mol. The van der Waals surface area contributed by atoms with Crippen LogP contribution < -0.4 is 4.74 Å². The van der Waals surface area contributed by atoms with Crippen molar-refractivity contribution in [2.24, 2.45) is 0 Å². The minimum Gasteiger partial charge on any atom is -0.494 e. The predicted octanol–water partition coefficient (Wildman–Crippen LogP) is 5.60. The van der Waals surface area contributed by atoms with Gasteiger partial charge >= 0.3 is 0 Å². The lowest BCUT2D eigenvalue weighted by atomic mass is 10.1. The molecule has 0 amide bonds. The minimum atomic E-state index is 0.408. The number of aldehydes is 1. The van der Waals surface area contributed by atoms with Gasteiger partial charge in [0.15, 0.2) is 17.1 Å². The topological polar surface area (TPSA) is 39.4 Å². The third-order valence-corrected chi connectivity index (χ3v) is 4.51.